The van der Waals surface area contributed by atoms with Crippen LogP contribution in [-0.4, -0.2) is 34.6 Å². The van der Waals surface area contributed by atoms with Crippen LogP contribution in [0.2, 0.25) is 0 Å². The number of anilines is 1. The number of nitrogens with one attached hydrogen (secondary N) is 1. The Bertz CT molecular complexity index is 761. The van der Waals surface area contributed by atoms with Crippen molar-refractivity contribution < 1.29 is 23.3 Å². The third kappa shape index (κ3) is 1.59. The molecule has 3 N–H and O–H groups in total. The standard InChI is InChI=1S/C13H11N3O4/c14-7-3-1-2-6-10(7)13(20)16(12(6)19)8-4-5-9(17)15-11(8)18/h1-3,8H,4-5,14H2,(H,15,17,18)/i1D,2D,3D. The molecule has 2 aliphatic rings. The number of rotatable bonds is 1. The van der Waals surface area contributed by atoms with Crippen molar-refractivity contribution in [2.24, 2.45) is 0 Å². The minimum Gasteiger partial charge on any atom is -0.398 e. The minimum absolute atomic E-state index is 0.0230. The highest BCUT2D eigenvalue weighted by molar-refractivity contribution is 6.25. The molecule has 0 spiro atoms. The van der Waals surface area contributed by atoms with Gasteiger partial charge in [0.2, 0.25) is 11.8 Å². The monoisotopic (exact) mass is 276 g/mol. The highest BCUT2D eigenvalue weighted by atomic mass is 16.2. The Morgan fingerprint density at radius 3 is 2.70 bits per heavy atom. The Kier molecular flexibility index (Phi) is 1.92. The molecular weight excluding hydrogens is 262 g/mol. The van der Waals surface area contributed by atoms with Crippen LogP contribution < -0.4 is 11.1 Å². The van der Waals surface area contributed by atoms with Crippen LogP contribution in [0.5, 0.6) is 0 Å². The number of hydrogen-bond acceptors (Lipinski definition) is 5. The number of benzene rings is 1. The molecule has 0 radical (unpaired) electrons. The molecule has 1 fully saturated rings. The molecule has 102 valence electrons. The first-order valence-electron chi connectivity index (χ1n) is 7.36. The SMILES string of the molecule is [2H]c1c([2H])c(N)c2c(c1[2H])C(=O)N(C1CCC(=O)NC1=O)C2=O. The van der Waals surface area contributed by atoms with E-state index in [1.54, 1.807) is 0 Å². The Balaban J connectivity index is 2.12. The summed E-state index contributed by atoms with van der Waals surface area (Å²) in [4.78, 5) is 48.7. The summed E-state index contributed by atoms with van der Waals surface area (Å²) in [5.41, 5.74) is 4.59. The number of amides is 4. The van der Waals surface area contributed by atoms with Crippen LogP contribution in [0.15, 0.2) is 18.1 Å². The van der Waals surface area contributed by atoms with Crippen LogP contribution >= 0.6 is 0 Å². The average molecular weight is 276 g/mol. The van der Waals surface area contributed by atoms with Crippen molar-refractivity contribution in [2.75, 3.05) is 5.73 Å². The zero-order valence-corrected chi connectivity index (χ0v) is 10.1. The summed E-state index contributed by atoms with van der Waals surface area (Å²) >= 11 is 0. The summed E-state index contributed by atoms with van der Waals surface area (Å²) in [5.74, 6) is -3.08. The van der Waals surface area contributed by atoms with Gasteiger partial charge in [-0.2, -0.15) is 0 Å². The van der Waals surface area contributed by atoms with Gasteiger partial charge in [0.1, 0.15) is 6.04 Å². The van der Waals surface area contributed by atoms with Gasteiger partial charge in [-0.15, -0.1) is 0 Å². The lowest BCUT2D eigenvalue weighted by Gasteiger charge is -2.27. The summed E-state index contributed by atoms with van der Waals surface area (Å²) in [6.07, 6.45) is -0.0503. The lowest BCUT2D eigenvalue weighted by Crippen LogP contribution is -2.54. The van der Waals surface area contributed by atoms with E-state index in [4.69, 9.17) is 9.85 Å². The average Bonchev–Trinajstić information content (AvgIpc) is 2.75. The molecule has 3 rings (SSSR count). The maximum Gasteiger partial charge on any atom is 0.264 e. The number of nitrogen functional groups attached to an aromatic ring is 1. The molecule has 20 heavy (non-hydrogen) atoms. The number of carbonyl (C=O) groups excluding carboxylic acids is 4. The largest absolute Gasteiger partial charge is 0.398 e. The van der Waals surface area contributed by atoms with Gasteiger partial charge in [0.05, 0.1) is 15.2 Å². The van der Waals surface area contributed by atoms with Crippen LogP contribution in [0.4, 0.5) is 5.69 Å². The lowest BCUT2D eigenvalue weighted by molar-refractivity contribution is -0.136. The number of piperidine rings is 1. The van der Waals surface area contributed by atoms with Gasteiger partial charge in [-0.3, -0.25) is 29.4 Å². The summed E-state index contributed by atoms with van der Waals surface area (Å²) < 4.78 is 23.1. The van der Waals surface area contributed by atoms with Gasteiger partial charge in [-0.1, -0.05) is 6.04 Å². The van der Waals surface area contributed by atoms with Gasteiger partial charge in [-0.25, -0.2) is 0 Å². The molecule has 2 aliphatic heterocycles. The quantitative estimate of drug-likeness (QED) is 0.539. The van der Waals surface area contributed by atoms with Gasteiger partial charge in [0, 0.05) is 12.1 Å². The molecule has 0 aliphatic carbocycles. The van der Waals surface area contributed by atoms with Crippen molar-refractivity contribution in [1.82, 2.24) is 10.2 Å². The van der Waals surface area contributed by atoms with Crippen molar-refractivity contribution >= 4 is 29.3 Å². The molecule has 1 unspecified atom stereocenters. The summed E-state index contributed by atoms with van der Waals surface area (Å²) in [5, 5.41) is 2.05. The Hall–Kier alpha value is -2.70. The van der Waals surface area contributed by atoms with E-state index in [9.17, 15) is 19.2 Å². The summed E-state index contributed by atoms with van der Waals surface area (Å²) in [6.45, 7) is 0. The van der Waals surface area contributed by atoms with Crippen molar-refractivity contribution in [3.05, 3.63) is 29.3 Å². The van der Waals surface area contributed by atoms with Crippen LogP contribution in [0, 0.1) is 0 Å². The smallest absolute Gasteiger partial charge is 0.264 e. The molecule has 1 aromatic rings. The first-order chi connectivity index (χ1) is 10.8. The van der Waals surface area contributed by atoms with Gasteiger partial charge >= 0.3 is 0 Å². The third-order valence-electron chi connectivity index (χ3n) is 3.29. The molecule has 0 aromatic heterocycles. The topological polar surface area (TPSA) is 110 Å². The molecule has 1 aromatic carbocycles. The maximum absolute atomic E-state index is 12.5. The third-order valence-corrected chi connectivity index (χ3v) is 3.29. The van der Waals surface area contributed by atoms with Gasteiger partial charge in [0.15, 0.2) is 0 Å². The fraction of sp³-hybridized carbons (Fsp3) is 0.231. The highest BCUT2D eigenvalue weighted by Crippen LogP contribution is 2.30. The van der Waals surface area contributed by atoms with E-state index in [2.05, 4.69) is 0 Å². The second-order valence-corrected chi connectivity index (χ2v) is 4.49. The predicted octanol–water partition coefficient (Wildman–Crippen LogP) is -0.330. The van der Waals surface area contributed by atoms with E-state index < -0.39 is 47.8 Å². The second kappa shape index (κ2) is 4.16. The Labute approximate surface area is 117 Å². The molecule has 2 heterocycles. The minimum atomic E-state index is -1.18. The number of nitrogens with zero attached hydrogens (tertiary/aromatic N) is 1. The second-order valence-electron chi connectivity index (χ2n) is 4.49. The number of fused-ring (bicyclic) bond motifs is 1. The Morgan fingerprint density at radius 2 is 2.00 bits per heavy atom. The molecule has 1 saturated heterocycles. The van der Waals surface area contributed by atoms with Crippen LogP contribution in [-0.2, 0) is 9.59 Å². The molecule has 0 bridgehead atoms. The van der Waals surface area contributed by atoms with Crippen molar-refractivity contribution in [1.29, 1.82) is 0 Å². The number of hydrogen-bond donors (Lipinski definition) is 2. The van der Waals surface area contributed by atoms with Gasteiger partial charge in [0.25, 0.3) is 11.8 Å². The fourth-order valence-corrected chi connectivity index (χ4v) is 2.35. The van der Waals surface area contributed by atoms with Crippen LogP contribution in [0.1, 0.15) is 37.7 Å². The van der Waals surface area contributed by atoms with E-state index in [1.807, 2.05) is 5.32 Å². The number of carbonyl (C=O) groups is 4. The predicted molar refractivity (Wildman–Crippen MR) is 67.5 cm³/mol. The first-order valence-corrected chi connectivity index (χ1v) is 5.86. The summed E-state index contributed by atoms with van der Waals surface area (Å²) in [6, 6.07) is -2.83. The number of imide groups is 2. The fourth-order valence-electron chi connectivity index (χ4n) is 2.35. The van der Waals surface area contributed by atoms with E-state index in [0.29, 0.717) is 4.90 Å². The molecule has 7 nitrogen and oxygen atoms in total. The maximum atomic E-state index is 12.5. The van der Waals surface area contributed by atoms with E-state index in [0.717, 1.165) is 0 Å². The van der Waals surface area contributed by atoms with E-state index >= 15 is 0 Å². The van der Waals surface area contributed by atoms with Crippen molar-refractivity contribution in [3.8, 4) is 0 Å². The molecule has 4 amide bonds. The normalized spacial score (nSPS) is 24.1. The number of nitrogens with two attached hydrogens (primary N) is 1. The van der Waals surface area contributed by atoms with Crippen molar-refractivity contribution in [2.45, 2.75) is 18.9 Å². The molecule has 1 atom stereocenters. The van der Waals surface area contributed by atoms with Gasteiger partial charge < -0.3 is 5.73 Å². The molecule has 7 heteroatoms. The zero-order valence-electron chi connectivity index (χ0n) is 13.1. The first kappa shape index (κ1) is 9.24. The Morgan fingerprint density at radius 1 is 1.25 bits per heavy atom. The van der Waals surface area contributed by atoms with Gasteiger partial charge in [-0.05, 0) is 18.5 Å². The zero-order chi connectivity index (χ0) is 17.0. The highest BCUT2D eigenvalue weighted by Gasteiger charge is 2.45. The van der Waals surface area contributed by atoms with Crippen molar-refractivity contribution in [3.63, 3.8) is 0 Å². The van der Waals surface area contributed by atoms with E-state index in [-0.39, 0.29) is 29.7 Å². The van der Waals surface area contributed by atoms with Crippen LogP contribution in [0.3, 0.4) is 0 Å². The lowest BCUT2D eigenvalue weighted by atomic mass is 10.0. The summed E-state index contributed by atoms with van der Waals surface area (Å²) in [7, 11) is 0. The van der Waals surface area contributed by atoms with E-state index in [1.165, 1.54) is 0 Å². The molecular formula is C13H11N3O4. The molecule has 0 saturated carbocycles. The van der Waals surface area contributed by atoms with Crippen LogP contribution in [0.25, 0.3) is 0 Å².